The number of halogens is 1. The quantitative estimate of drug-likeness (QED) is 0.464. The molecular weight excluding hydrogens is 373 g/mol. The van der Waals surface area contributed by atoms with Crippen molar-refractivity contribution in [3.63, 3.8) is 0 Å². The summed E-state index contributed by atoms with van der Waals surface area (Å²) in [5.74, 6) is 0.861. The Morgan fingerprint density at radius 1 is 1.00 bits per heavy atom. The summed E-state index contributed by atoms with van der Waals surface area (Å²) in [5, 5.41) is 3.13. The van der Waals surface area contributed by atoms with Crippen molar-refractivity contribution >= 4 is 29.9 Å². The number of nitrogens with zero attached hydrogens (tertiary/aromatic N) is 1. The maximum absolute atomic E-state index is 5.68. The van der Waals surface area contributed by atoms with Gasteiger partial charge in [0.25, 0.3) is 0 Å². The minimum absolute atomic E-state index is 0. The fourth-order valence-corrected chi connectivity index (χ4v) is 2.32. The first-order chi connectivity index (χ1) is 9.81. The zero-order valence-corrected chi connectivity index (χ0v) is 14.5. The lowest BCUT2D eigenvalue weighted by atomic mass is 9.88. The smallest absolute Gasteiger partial charge is 0.188 e. The van der Waals surface area contributed by atoms with E-state index >= 15 is 0 Å². The molecule has 0 aliphatic heterocycles. The van der Waals surface area contributed by atoms with Gasteiger partial charge in [0.2, 0.25) is 0 Å². The van der Waals surface area contributed by atoms with Crippen molar-refractivity contribution < 1.29 is 0 Å². The molecule has 0 saturated carbocycles. The van der Waals surface area contributed by atoms with Gasteiger partial charge in [-0.3, -0.25) is 4.99 Å². The van der Waals surface area contributed by atoms with Crippen LogP contribution in [0.5, 0.6) is 0 Å². The number of guanidine groups is 1. The Labute approximate surface area is 143 Å². The van der Waals surface area contributed by atoms with Crippen LogP contribution in [0.4, 0.5) is 0 Å². The minimum atomic E-state index is 0. The largest absolute Gasteiger partial charge is 0.370 e. The van der Waals surface area contributed by atoms with Gasteiger partial charge in [-0.05, 0) is 17.5 Å². The summed E-state index contributed by atoms with van der Waals surface area (Å²) in [6.45, 7) is 0.803. The number of nitrogens with one attached hydrogen (secondary N) is 1. The fraction of sp³-hybridized carbons (Fsp3) is 0.235. The Kier molecular flexibility index (Phi) is 7.82. The number of rotatable bonds is 5. The minimum Gasteiger partial charge on any atom is -0.370 e. The van der Waals surface area contributed by atoms with Crippen LogP contribution in [-0.2, 0) is 0 Å². The van der Waals surface area contributed by atoms with Crippen molar-refractivity contribution in [1.82, 2.24) is 5.32 Å². The van der Waals surface area contributed by atoms with Crippen LogP contribution < -0.4 is 11.1 Å². The zero-order chi connectivity index (χ0) is 14.2. The lowest BCUT2D eigenvalue weighted by Gasteiger charge is -2.18. The number of benzene rings is 2. The number of nitrogens with two attached hydrogens (primary N) is 1. The highest BCUT2D eigenvalue weighted by Crippen LogP contribution is 2.27. The summed E-state index contributed by atoms with van der Waals surface area (Å²) in [5.41, 5.74) is 8.33. The van der Waals surface area contributed by atoms with E-state index in [-0.39, 0.29) is 24.0 Å². The second-order valence-electron chi connectivity index (χ2n) is 4.70. The summed E-state index contributed by atoms with van der Waals surface area (Å²) in [6.07, 6.45) is 0.976. The van der Waals surface area contributed by atoms with Gasteiger partial charge in [-0.2, -0.15) is 0 Å². The van der Waals surface area contributed by atoms with Gasteiger partial charge in [0.05, 0.1) is 0 Å². The molecule has 0 unspecified atom stereocenters. The van der Waals surface area contributed by atoms with Crippen LogP contribution in [0.25, 0.3) is 0 Å². The Hall–Kier alpha value is -1.56. The van der Waals surface area contributed by atoms with Gasteiger partial charge in [-0.25, -0.2) is 0 Å². The Morgan fingerprint density at radius 2 is 1.48 bits per heavy atom. The molecule has 4 heteroatoms. The summed E-state index contributed by atoms with van der Waals surface area (Å²) in [7, 11) is 1.69. The van der Waals surface area contributed by atoms with Gasteiger partial charge in [0.1, 0.15) is 0 Å². The Morgan fingerprint density at radius 3 is 1.90 bits per heavy atom. The summed E-state index contributed by atoms with van der Waals surface area (Å²) < 4.78 is 0. The van der Waals surface area contributed by atoms with E-state index in [9.17, 15) is 0 Å². The summed E-state index contributed by atoms with van der Waals surface area (Å²) >= 11 is 0. The average Bonchev–Trinajstić information content (AvgIpc) is 2.53. The lowest BCUT2D eigenvalue weighted by molar-refractivity contribution is 0.689. The molecule has 0 saturated heterocycles. The van der Waals surface area contributed by atoms with Crippen LogP contribution in [0.15, 0.2) is 65.7 Å². The molecule has 112 valence electrons. The molecule has 2 rings (SSSR count). The van der Waals surface area contributed by atoms with Crippen molar-refractivity contribution in [1.29, 1.82) is 0 Å². The molecule has 0 bridgehead atoms. The molecule has 0 aliphatic carbocycles. The third-order valence-corrected chi connectivity index (χ3v) is 3.38. The van der Waals surface area contributed by atoms with Crippen LogP contribution in [0.1, 0.15) is 23.5 Å². The Bertz CT molecular complexity index is 501. The van der Waals surface area contributed by atoms with Gasteiger partial charge in [0, 0.05) is 19.5 Å². The molecule has 2 aromatic rings. The van der Waals surface area contributed by atoms with Crippen LogP contribution in [0.3, 0.4) is 0 Å². The first kappa shape index (κ1) is 17.5. The molecule has 0 aliphatic rings. The number of hydrogen-bond donors (Lipinski definition) is 2. The average molecular weight is 395 g/mol. The van der Waals surface area contributed by atoms with Crippen LogP contribution in [-0.4, -0.2) is 19.6 Å². The lowest BCUT2D eigenvalue weighted by Crippen LogP contribution is -2.32. The summed E-state index contributed by atoms with van der Waals surface area (Å²) in [4.78, 5) is 3.91. The van der Waals surface area contributed by atoms with Crippen molar-refractivity contribution in [2.75, 3.05) is 13.6 Å². The molecule has 0 heterocycles. The van der Waals surface area contributed by atoms with Crippen molar-refractivity contribution in [2.45, 2.75) is 12.3 Å². The van der Waals surface area contributed by atoms with E-state index in [2.05, 4.69) is 58.8 Å². The summed E-state index contributed by atoms with van der Waals surface area (Å²) in [6, 6.07) is 21.1. The van der Waals surface area contributed by atoms with Gasteiger partial charge >= 0.3 is 0 Å². The highest BCUT2D eigenvalue weighted by Gasteiger charge is 2.13. The van der Waals surface area contributed by atoms with Gasteiger partial charge in [-0.15, -0.1) is 24.0 Å². The molecular formula is C17H22IN3. The van der Waals surface area contributed by atoms with Gasteiger partial charge in [-0.1, -0.05) is 60.7 Å². The maximum atomic E-state index is 5.68. The van der Waals surface area contributed by atoms with E-state index in [0.29, 0.717) is 11.9 Å². The second kappa shape index (κ2) is 9.39. The molecule has 0 fully saturated rings. The molecule has 2 aromatic carbocycles. The third kappa shape index (κ3) is 5.38. The highest BCUT2D eigenvalue weighted by atomic mass is 127. The molecule has 0 atom stereocenters. The molecule has 21 heavy (non-hydrogen) atoms. The van der Waals surface area contributed by atoms with Gasteiger partial charge in [0.15, 0.2) is 5.96 Å². The van der Waals surface area contributed by atoms with Crippen LogP contribution in [0, 0.1) is 0 Å². The van der Waals surface area contributed by atoms with E-state index in [1.807, 2.05) is 12.1 Å². The predicted octanol–water partition coefficient (Wildman–Crippen LogP) is 3.36. The maximum Gasteiger partial charge on any atom is 0.188 e. The standard InChI is InChI=1S/C17H21N3.HI/c1-19-17(18)20-13-12-16(14-8-4-2-5-9-14)15-10-6-3-7-11-15;/h2-11,16H,12-13H2,1H3,(H3,18,19,20);1H. The zero-order valence-electron chi connectivity index (χ0n) is 12.2. The second-order valence-corrected chi connectivity index (χ2v) is 4.70. The highest BCUT2D eigenvalue weighted by molar-refractivity contribution is 14.0. The molecule has 3 nitrogen and oxygen atoms in total. The van der Waals surface area contributed by atoms with Gasteiger partial charge < -0.3 is 11.1 Å². The van der Waals surface area contributed by atoms with E-state index in [0.717, 1.165) is 13.0 Å². The topological polar surface area (TPSA) is 50.4 Å². The Balaban J connectivity index is 0.00000220. The van der Waals surface area contributed by atoms with E-state index in [1.165, 1.54) is 11.1 Å². The molecule has 0 radical (unpaired) electrons. The van der Waals surface area contributed by atoms with Crippen LogP contribution >= 0.6 is 24.0 Å². The molecule has 0 spiro atoms. The third-order valence-electron chi connectivity index (χ3n) is 3.38. The fourth-order valence-electron chi connectivity index (χ4n) is 2.32. The van der Waals surface area contributed by atoms with Crippen LogP contribution in [0.2, 0.25) is 0 Å². The molecule has 0 aromatic heterocycles. The SMILES string of the molecule is CN=C(N)NCCC(c1ccccc1)c1ccccc1.I. The predicted molar refractivity (Wildman–Crippen MR) is 100 cm³/mol. The van der Waals surface area contributed by atoms with Crippen molar-refractivity contribution in [2.24, 2.45) is 10.7 Å². The number of aliphatic imine (C=N–C) groups is 1. The normalized spacial score (nSPS) is 11.0. The first-order valence-electron chi connectivity index (χ1n) is 6.87. The van der Waals surface area contributed by atoms with Crippen molar-refractivity contribution in [3.05, 3.63) is 71.8 Å². The van der Waals surface area contributed by atoms with E-state index < -0.39 is 0 Å². The van der Waals surface area contributed by atoms with Crippen molar-refractivity contribution in [3.8, 4) is 0 Å². The van der Waals surface area contributed by atoms with E-state index in [1.54, 1.807) is 7.05 Å². The monoisotopic (exact) mass is 395 g/mol. The molecule has 0 amide bonds. The van der Waals surface area contributed by atoms with E-state index in [4.69, 9.17) is 5.73 Å². The first-order valence-corrected chi connectivity index (χ1v) is 6.87. The number of hydrogen-bond acceptors (Lipinski definition) is 1. The molecule has 3 N–H and O–H groups in total.